The van der Waals surface area contributed by atoms with Gasteiger partial charge in [0.2, 0.25) is 5.95 Å². The summed E-state index contributed by atoms with van der Waals surface area (Å²) in [6.07, 6.45) is 0.966. The van der Waals surface area contributed by atoms with Crippen molar-refractivity contribution in [2.45, 2.75) is 26.8 Å². The van der Waals surface area contributed by atoms with Crippen LogP contribution in [0.3, 0.4) is 0 Å². The molecule has 0 atom stereocenters. The molecule has 0 aliphatic carbocycles. The number of fused-ring (bicyclic) bond motifs is 1. The maximum Gasteiger partial charge on any atom is 0.257 e. The number of hydrogen-bond donors (Lipinski definition) is 1. The summed E-state index contributed by atoms with van der Waals surface area (Å²) in [6, 6.07) is 15.6. The lowest BCUT2D eigenvalue weighted by Crippen LogP contribution is -2.15. The predicted molar refractivity (Wildman–Crippen MR) is 89.2 cm³/mol. The van der Waals surface area contributed by atoms with Crippen LogP contribution in [0.1, 0.15) is 29.8 Å². The highest BCUT2D eigenvalue weighted by Crippen LogP contribution is 2.20. The quantitative estimate of drug-likeness (QED) is 0.793. The number of anilines is 1. The van der Waals surface area contributed by atoms with E-state index in [0.717, 1.165) is 24.0 Å². The van der Waals surface area contributed by atoms with Crippen LogP contribution in [0.5, 0.6) is 0 Å². The molecule has 1 aromatic heterocycles. The van der Waals surface area contributed by atoms with Crippen molar-refractivity contribution in [3.63, 3.8) is 0 Å². The van der Waals surface area contributed by atoms with Gasteiger partial charge >= 0.3 is 0 Å². The number of carbonyl (C=O) groups excluding carboxylic acids is 1. The summed E-state index contributed by atoms with van der Waals surface area (Å²) in [5.41, 5.74) is 3.78. The molecule has 22 heavy (non-hydrogen) atoms. The number of nitrogens with zero attached hydrogens (tertiary/aromatic N) is 2. The van der Waals surface area contributed by atoms with Gasteiger partial charge in [0.05, 0.1) is 11.0 Å². The second kappa shape index (κ2) is 6.02. The van der Waals surface area contributed by atoms with Crippen LogP contribution in [-0.4, -0.2) is 15.5 Å². The van der Waals surface area contributed by atoms with Gasteiger partial charge in [0.15, 0.2) is 0 Å². The van der Waals surface area contributed by atoms with Crippen LogP contribution in [0.25, 0.3) is 11.0 Å². The summed E-state index contributed by atoms with van der Waals surface area (Å²) >= 11 is 0. The van der Waals surface area contributed by atoms with Gasteiger partial charge in [-0.15, -0.1) is 0 Å². The molecule has 4 nitrogen and oxygen atoms in total. The third kappa shape index (κ3) is 2.60. The Bertz CT molecular complexity index is 803. The lowest BCUT2D eigenvalue weighted by Gasteiger charge is -2.08. The van der Waals surface area contributed by atoms with Crippen LogP contribution in [0.2, 0.25) is 0 Å². The Morgan fingerprint density at radius 2 is 1.82 bits per heavy atom. The highest BCUT2D eigenvalue weighted by molar-refractivity contribution is 6.04. The van der Waals surface area contributed by atoms with Gasteiger partial charge in [-0.25, -0.2) is 4.98 Å². The van der Waals surface area contributed by atoms with E-state index in [0.29, 0.717) is 11.5 Å². The highest BCUT2D eigenvalue weighted by atomic mass is 16.1. The molecule has 0 saturated heterocycles. The number of aryl methyl sites for hydroxylation is 2. The average Bonchev–Trinajstić information content (AvgIpc) is 2.91. The zero-order valence-corrected chi connectivity index (χ0v) is 12.8. The van der Waals surface area contributed by atoms with Crippen molar-refractivity contribution in [3.8, 4) is 0 Å². The van der Waals surface area contributed by atoms with Crippen molar-refractivity contribution < 1.29 is 4.79 Å². The Balaban J connectivity index is 1.90. The van der Waals surface area contributed by atoms with Crippen molar-refractivity contribution in [1.82, 2.24) is 9.55 Å². The molecule has 0 saturated carbocycles. The topological polar surface area (TPSA) is 46.9 Å². The van der Waals surface area contributed by atoms with E-state index < -0.39 is 0 Å². The molecule has 4 heteroatoms. The molecule has 0 unspecified atom stereocenters. The molecule has 0 aliphatic heterocycles. The number of benzene rings is 2. The Morgan fingerprint density at radius 1 is 1.09 bits per heavy atom. The largest absolute Gasteiger partial charge is 0.310 e. The van der Waals surface area contributed by atoms with E-state index in [1.54, 1.807) is 0 Å². The van der Waals surface area contributed by atoms with Crippen molar-refractivity contribution in [1.29, 1.82) is 0 Å². The molecule has 0 spiro atoms. The van der Waals surface area contributed by atoms with E-state index in [1.165, 1.54) is 5.56 Å². The number of aromatic nitrogens is 2. The zero-order valence-electron chi connectivity index (χ0n) is 12.8. The minimum atomic E-state index is -0.132. The third-order valence-corrected chi connectivity index (χ3v) is 3.82. The summed E-state index contributed by atoms with van der Waals surface area (Å²) in [7, 11) is 0. The van der Waals surface area contributed by atoms with Crippen LogP contribution in [-0.2, 0) is 13.0 Å². The van der Waals surface area contributed by atoms with Crippen LogP contribution in [0.15, 0.2) is 48.5 Å². The monoisotopic (exact) mass is 293 g/mol. The normalized spacial score (nSPS) is 10.8. The van der Waals surface area contributed by atoms with Crippen LogP contribution in [0, 0.1) is 0 Å². The summed E-state index contributed by atoms with van der Waals surface area (Å²) in [5, 5.41) is 2.92. The lowest BCUT2D eigenvalue weighted by atomic mass is 10.1. The van der Waals surface area contributed by atoms with Gasteiger partial charge in [-0.2, -0.15) is 0 Å². The van der Waals surface area contributed by atoms with E-state index >= 15 is 0 Å². The van der Waals surface area contributed by atoms with Crippen molar-refractivity contribution in [2.75, 3.05) is 5.32 Å². The van der Waals surface area contributed by atoms with E-state index in [2.05, 4.69) is 17.2 Å². The molecular weight excluding hydrogens is 274 g/mol. The summed E-state index contributed by atoms with van der Waals surface area (Å²) in [6.45, 7) is 4.89. The maximum atomic E-state index is 12.4. The SMILES string of the molecule is CCc1ccc(C(=O)Nc2nc3ccccc3n2CC)cc1. The molecule has 1 heterocycles. The van der Waals surface area contributed by atoms with Gasteiger partial charge in [-0.3, -0.25) is 10.1 Å². The van der Waals surface area contributed by atoms with E-state index in [1.807, 2.05) is 60.0 Å². The standard InChI is InChI=1S/C18H19N3O/c1-3-13-9-11-14(12-10-13)17(22)20-18-19-15-7-5-6-8-16(15)21(18)4-2/h5-12H,3-4H2,1-2H3,(H,19,20,22). The summed E-state index contributed by atoms with van der Waals surface area (Å²) < 4.78 is 2.01. The van der Waals surface area contributed by atoms with Crippen LogP contribution >= 0.6 is 0 Å². The average molecular weight is 293 g/mol. The number of para-hydroxylation sites is 2. The number of rotatable bonds is 4. The number of hydrogen-bond acceptors (Lipinski definition) is 2. The fourth-order valence-electron chi connectivity index (χ4n) is 2.56. The first-order chi connectivity index (χ1) is 10.7. The number of imidazole rings is 1. The van der Waals surface area contributed by atoms with E-state index in [4.69, 9.17) is 0 Å². The Morgan fingerprint density at radius 3 is 2.50 bits per heavy atom. The number of amides is 1. The minimum absolute atomic E-state index is 0.132. The molecule has 1 N–H and O–H groups in total. The maximum absolute atomic E-state index is 12.4. The van der Waals surface area contributed by atoms with Gasteiger partial charge in [0.1, 0.15) is 0 Å². The highest BCUT2D eigenvalue weighted by Gasteiger charge is 2.13. The second-order valence-corrected chi connectivity index (χ2v) is 5.17. The van der Waals surface area contributed by atoms with Gasteiger partial charge in [-0.05, 0) is 43.2 Å². The Labute approximate surface area is 129 Å². The first kappa shape index (κ1) is 14.3. The van der Waals surface area contributed by atoms with Gasteiger partial charge in [0, 0.05) is 12.1 Å². The zero-order chi connectivity index (χ0) is 15.5. The number of carbonyl (C=O) groups is 1. The molecule has 3 rings (SSSR count). The van der Waals surface area contributed by atoms with Gasteiger partial charge in [0.25, 0.3) is 5.91 Å². The Hall–Kier alpha value is -2.62. The first-order valence-corrected chi connectivity index (χ1v) is 7.58. The molecular formula is C18H19N3O. The van der Waals surface area contributed by atoms with Crippen molar-refractivity contribution in [2.24, 2.45) is 0 Å². The predicted octanol–water partition coefficient (Wildman–Crippen LogP) is 3.87. The van der Waals surface area contributed by atoms with Crippen LogP contribution in [0.4, 0.5) is 5.95 Å². The molecule has 0 bridgehead atoms. The summed E-state index contributed by atoms with van der Waals surface area (Å²) in [5.74, 6) is 0.459. The fourth-order valence-corrected chi connectivity index (χ4v) is 2.56. The minimum Gasteiger partial charge on any atom is -0.310 e. The molecule has 0 aliphatic rings. The molecule has 2 aromatic carbocycles. The fraction of sp³-hybridized carbons (Fsp3) is 0.222. The molecule has 1 amide bonds. The number of nitrogens with one attached hydrogen (secondary N) is 1. The van der Waals surface area contributed by atoms with Crippen LogP contribution < -0.4 is 5.32 Å². The lowest BCUT2D eigenvalue weighted by molar-refractivity contribution is 0.102. The molecule has 0 radical (unpaired) electrons. The van der Waals surface area contributed by atoms with Gasteiger partial charge < -0.3 is 4.57 Å². The van der Waals surface area contributed by atoms with Gasteiger partial charge in [-0.1, -0.05) is 31.2 Å². The second-order valence-electron chi connectivity index (χ2n) is 5.17. The first-order valence-electron chi connectivity index (χ1n) is 7.58. The smallest absolute Gasteiger partial charge is 0.257 e. The van der Waals surface area contributed by atoms with E-state index in [9.17, 15) is 4.79 Å². The molecule has 3 aromatic rings. The van der Waals surface area contributed by atoms with Crippen molar-refractivity contribution in [3.05, 3.63) is 59.7 Å². The molecule has 0 fully saturated rings. The van der Waals surface area contributed by atoms with Crippen molar-refractivity contribution >= 4 is 22.9 Å². The summed E-state index contributed by atoms with van der Waals surface area (Å²) in [4.78, 5) is 16.9. The molecule has 112 valence electrons. The Kier molecular flexibility index (Phi) is 3.92. The third-order valence-electron chi connectivity index (χ3n) is 3.82. The van der Waals surface area contributed by atoms with E-state index in [-0.39, 0.29) is 5.91 Å².